The molecule has 0 aliphatic heterocycles. The second-order valence-corrected chi connectivity index (χ2v) is 5.59. The molecule has 1 aromatic carbocycles. The zero-order valence-electron chi connectivity index (χ0n) is 12.9. The van der Waals surface area contributed by atoms with Gasteiger partial charge in [0.25, 0.3) is 0 Å². The lowest BCUT2D eigenvalue weighted by molar-refractivity contribution is 0.0734. The SMILES string of the molecule is CC(C)=CCC[C@H](C)CCOCC(=O)c1ccccc1. The van der Waals surface area contributed by atoms with Crippen molar-refractivity contribution in [1.29, 1.82) is 0 Å². The van der Waals surface area contributed by atoms with E-state index in [2.05, 4.69) is 26.8 Å². The third-order valence-corrected chi connectivity index (χ3v) is 3.30. The molecule has 0 aliphatic rings. The summed E-state index contributed by atoms with van der Waals surface area (Å²) in [6.07, 6.45) is 5.60. The Labute approximate surface area is 122 Å². The molecule has 2 heteroatoms. The molecule has 1 aromatic rings. The van der Waals surface area contributed by atoms with Gasteiger partial charge < -0.3 is 4.74 Å². The van der Waals surface area contributed by atoms with Crippen LogP contribution in [0.25, 0.3) is 0 Å². The Morgan fingerprint density at radius 1 is 1.20 bits per heavy atom. The third-order valence-electron chi connectivity index (χ3n) is 3.30. The first kappa shape index (κ1) is 16.6. The maximum atomic E-state index is 11.8. The van der Waals surface area contributed by atoms with Crippen LogP contribution in [0.5, 0.6) is 0 Å². The predicted octanol–water partition coefficient (Wildman–Crippen LogP) is 4.66. The summed E-state index contributed by atoms with van der Waals surface area (Å²) in [4.78, 5) is 11.8. The molecule has 0 fully saturated rings. The van der Waals surface area contributed by atoms with Crippen molar-refractivity contribution in [3.8, 4) is 0 Å². The first-order valence-electron chi connectivity index (χ1n) is 7.39. The fourth-order valence-electron chi connectivity index (χ4n) is 1.96. The van der Waals surface area contributed by atoms with Gasteiger partial charge in [-0.1, -0.05) is 48.9 Å². The number of carbonyl (C=O) groups is 1. The molecule has 0 radical (unpaired) electrons. The summed E-state index contributed by atoms with van der Waals surface area (Å²) in [7, 11) is 0. The van der Waals surface area contributed by atoms with Gasteiger partial charge in [-0.05, 0) is 39.0 Å². The van der Waals surface area contributed by atoms with Crippen LogP contribution in [0.2, 0.25) is 0 Å². The van der Waals surface area contributed by atoms with E-state index in [1.807, 2.05) is 30.3 Å². The molecule has 0 aromatic heterocycles. The molecule has 0 heterocycles. The van der Waals surface area contributed by atoms with Gasteiger partial charge in [0, 0.05) is 12.2 Å². The van der Waals surface area contributed by atoms with E-state index >= 15 is 0 Å². The van der Waals surface area contributed by atoms with Gasteiger partial charge in [0.1, 0.15) is 6.61 Å². The molecular weight excluding hydrogens is 248 g/mol. The number of allylic oxidation sites excluding steroid dienone is 2. The lowest BCUT2D eigenvalue weighted by Gasteiger charge is -2.10. The van der Waals surface area contributed by atoms with E-state index in [-0.39, 0.29) is 12.4 Å². The molecule has 110 valence electrons. The van der Waals surface area contributed by atoms with Crippen LogP contribution >= 0.6 is 0 Å². The van der Waals surface area contributed by atoms with Crippen LogP contribution in [-0.2, 0) is 4.74 Å². The molecule has 1 rings (SSSR count). The number of Topliss-reactive ketones (excluding diaryl/α,β-unsaturated/α-hetero) is 1. The molecule has 0 saturated heterocycles. The van der Waals surface area contributed by atoms with Crippen molar-refractivity contribution in [2.75, 3.05) is 13.2 Å². The van der Waals surface area contributed by atoms with Crippen LogP contribution in [0.15, 0.2) is 42.0 Å². The molecule has 1 atom stereocenters. The quantitative estimate of drug-likeness (QED) is 0.372. The Bertz CT molecular complexity index is 416. The van der Waals surface area contributed by atoms with Crippen molar-refractivity contribution < 1.29 is 9.53 Å². The minimum Gasteiger partial charge on any atom is -0.373 e. The monoisotopic (exact) mass is 274 g/mol. The zero-order chi connectivity index (χ0) is 14.8. The van der Waals surface area contributed by atoms with E-state index in [1.165, 1.54) is 12.0 Å². The second-order valence-electron chi connectivity index (χ2n) is 5.59. The van der Waals surface area contributed by atoms with Crippen molar-refractivity contribution in [2.24, 2.45) is 5.92 Å². The average Bonchev–Trinajstić information content (AvgIpc) is 2.44. The maximum absolute atomic E-state index is 11.8. The Morgan fingerprint density at radius 3 is 2.55 bits per heavy atom. The van der Waals surface area contributed by atoms with Crippen LogP contribution in [0, 0.1) is 5.92 Å². The maximum Gasteiger partial charge on any atom is 0.188 e. The molecule has 0 unspecified atom stereocenters. The molecule has 20 heavy (non-hydrogen) atoms. The van der Waals surface area contributed by atoms with E-state index in [4.69, 9.17) is 4.74 Å². The fourth-order valence-corrected chi connectivity index (χ4v) is 1.96. The van der Waals surface area contributed by atoms with Crippen LogP contribution in [0.1, 0.15) is 50.4 Å². The number of hydrogen-bond acceptors (Lipinski definition) is 2. The lowest BCUT2D eigenvalue weighted by atomic mass is 10.0. The van der Waals surface area contributed by atoms with Gasteiger partial charge in [-0.3, -0.25) is 4.79 Å². The summed E-state index contributed by atoms with van der Waals surface area (Å²) < 4.78 is 5.48. The highest BCUT2D eigenvalue weighted by atomic mass is 16.5. The van der Waals surface area contributed by atoms with Crippen molar-refractivity contribution in [1.82, 2.24) is 0 Å². The first-order chi connectivity index (χ1) is 9.59. The highest BCUT2D eigenvalue weighted by Gasteiger charge is 2.06. The molecule has 0 aliphatic carbocycles. The summed E-state index contributed by atoms with van der Waals surface area (Å²) in [6.45, 7) is 7.34. The van der Waals surface area contributed by atoms with Crippen molar-refractivity contribution >= 4 is 5.78 Å². The number of hydrogen-bond donors (Lipinski definition) is 0. The molecular formula is C18H26O2. The number of benzene rings is 1. The van der Waals surface area contributed by atoms with Crippen LogP contribution < -0.4 is 0 Å². The Kier molecular flexibility index (Phi) is 7.89. The summed E-state index contributed by atoms with van der Waals surface area (Å²) in [5.41, 5.74) is 2.10. The van der Waals surface area contributed by atoms with E-state index in [9.17, 15) is 4.79 Å². The van der Waals surface area contributed by atoms with Crippen LogP contribution in [-0.4, -0.2) is 19.0 Å². The van der Waals surface area contributed by atoms with Gasteiger partial charge in [0.15, 0.2) is 5.78 Å². The van der Waals surface area contributed by atoms with Crippen LogP contribution in [0.3, 0.4) is 0 Å². The topological polar surface area (TPSA) is 26.3 Å². The number of ether oxygens (including phenoxy) is 1. The largest absolute Gasteiger partial charge is 0.373 e. The van der Waals surface area contributed by atoms with E-state index in [0.29, 0.717) is 12.5 Å². The Balaban J connectivity index is 2.12. The fraction of sp³-hybridized carbons (Fsp3) is 0.500. The third kappa shape index (κ3) is 7.25. The Hall–Kier alpha value is -1.41. The van der Waals surface area contributed by atoms with Crippen molar-refractivity contribution in [3.05, 3.63) is 47.5 Å². The highest BCUT2D eigenvalue weighted by Crippen LogP contribution is 2.12. The average molecular weight is 274 g/mol. The highest BCUT2D eigenvalue weighted by molar-refractivity contribution is 5.96. The van der Waals surface area contributed by atoms with E-state index in [1.54, 1.807) is 0 Å². The summed E-state index contributed by atoms with van der Waals surface area (Å²) >= 11 is 0. The lowest BCUT2D eigenvalue weighted by Crippen LogP contribution is -2.11. The summed E-state index contributed by atoms with van der Waals surface area (Å²) in [5.74, 6) is 0.695. The standard InChI is InChI=1S/C18H26O2/c1-15(2)8-7-9-16(3)12-13-20-14-18(19)17-10-5-4-6-11-17/h4-6,8,10-11,16H,7,9,12-14H2,1-3H3/t16-/m0/s1. The van der Waals surface area contributed by atoms with E-state index in [0.717, 1.165) is 18.4 Å². The number of ketones is 1. The minimum atomic E-state index is 0.0581. The van der Waals surface area contributed by atoms with Gasteiger partial charge in [0.05, 0.1) is 0 Å². The summed E-state index contributed by atoms with van der Waals surface area (Å²) in [5, 5.41) is 0. The first-order valence-corrected chi connectivity index (χ1v) is 7.39. The van der Waals surface area contributed by atoms with Gasteiger partial charge in [-0.2, -0.15) is 0 Å². The Morgan fingerprint density at radius 2 is 1.90 bits per heavy atom. The van der Waals surface area contributed by atoms with Crippen molar-refractivity contribution in [2.45, 2.75) is 40.0 Å². The van der Waals surface area contributed by atoms with Gasteiger partial charge in [-0.15, -0.1) is 0 Å². The molecule has 0 N–H and O–H groups in total. The minimum absolute atomic E-state index is 0.0581. The van der Waals surface area contributed by atoms with Crippen LogP contribution in [0.4, 0.5) is 0 Å². The predicted molar refractivity (Wildman–Crippen MR) is 84.0 cm³/mol. The van der Waals surface area contributed by atoms with E-state index < -0.39 is 0 Å². The van der Waals surface area contributed by atoms with Gasteiger partial charge >= 0.3 is 0 Å². The molecule has 0 saturated carbocycles. The zero-order valence-corrected chi connectivity index (χ0v) is 12.9. The number of rotatable bonds is 9. The second kappa shape index (κ2) is 9.49. The molecule has 0 spiro atoms. The smallest absolute Gasteiger partial charge is 0.188 e. The van der Waals surface area contributed by atoms with Crippen molar-refractivity contribution in [3.63, 3.8) is 0 Å². The normalized spacial score (nSPS) is 11.9. The van der Waals surface area contributed by atoms with Gasteiger partial charge in [0.2, 0.25) is 0 Å². The summed E-state index contributed by atoms with van der Waals surface area (Å²) in [6, 6.07) is 9.31. The molecule has 2 nitrogen and oxygen atoms in total. The molecule has 0 amide bonds. The number of carbonyl (C=O) groups excluding carboxylic acids is 1. The van der Waals surface area contributed by atoms with Gasteiger partial charge in [-0.25, -0.2) is 0 Å². The molecule has 0 bridgehead atoms.